The van der Waals surface area contributed by atoms with Crippen LogP contribution >= 0.6 is 11.6 Å². The van der Waals surface area contributed by atoms with E-state index in [0.717, 1.165) is 0 Å². The molecule has 1 aromatic heterocycles. The van der Waals surface area contributed by atoms with Crippen molar-refractivity contribution in [2.75, 3.05) is 6.54 Å². The Balaban J connectivity index is 1.84. The fourth-order valence-electron chi connectivity index (χ4n) is 2.65. The van der Waals surface area contributed by atoms with E-state index in [1.807, 2.05) is 12.1 Å². The summed E-state index contributed by atoms with van der Waals surface area (Å²) < 4.78 is 0. The maximum atomic E-state index is 12.4. The summed E-state index contributed by atoms with van der Waals surface area (Å²) in [5, 5.41) is 9.69. The molecule has 2 aromatic rings. The number of rotatable bonds is 3. The molecule has 0 spiro atoms. The van der Waals surface area contributed by atoms with Crippen LogP contribution in [-0.4, -0.2) is 44.4 Å². The molecule has 0 saturated carbocycles. The smallest absolute Gasteiger partial charge is 0.326 e. The molecule has 1 aliphatic heterocycles. The Hall–Kier alpha value is -2.47. The Bertz CT molecular complexity index is 748. The molecular weight excluding hydrogens is 318 g/mol. The van der Waals surface area contributed by atoms with Gasteiger partial charge in [-0.2, -0.15) is 0 Å². The number of likely N-dealkylation sites (tertiary alicyclic amines) is 1. The van der Waals surface area contributed by atoms with E-state index < -0.39 is 12.0 Å². The van der Waals surface area contributed by atoms with Crippen LogP contribution in [0.25, 0.3) is 11.4 Å². The predicted octanol–water partition coefficient (Wildman–Crippen LogP) is 2.49. The first-order valence-corrected chi connectivity index (χ1v) is 7.56. The zero-order chi connectivity index (χ0) is 16.4. The summed E-state index contributed by atoms with van der Waals surface area (Å²) in [7, 11) is 0. The van der Waals surface area contributed by atoms with Gasteiger partial charge in [0.05, 0.1) is 10.6 Å². The summed E-state index contributed by atoms with van der Waals surface area (Å²) in [6.45, 7) is 0.433. The largest absolute Gasteiger partial charge is 0.480 e. The minimum absolute atomic E-state index is 0.272. The molecule has 1 fully saturated rings. The van der Waals surface area contributed by atoms with Crippen molar-refractivity contribution in [1.29, 1.82) is 0 Å². The molecule has 0 bridgehead atoms. The van der Waals surface area contributed by atoms with Crippen LogP contribution in [-0.2, 0) is 4.79 Å². The molecule has 1 N–H and O–H groups in total. The summed E-state index contributed by atoms with van der Waals surface area (Å²) in [6.07, 6.45) is 3.97. The van der Waals surface area contributed by atoms with Crippen LogP contribution in [0.4, 0.5) is 0 Å². The average molecular weight is 332 g/mol. The number of carboxylic acid groups (broad SMARTS) is 1. The fourth-order valence-corrected chi connectivity index (χ4v) is 2.87. The van der Waals surface area contributed by atoms with E-state index in [-0.39, 0.29) is 11.5 Å². The number of hydrogen-bond acceptors (Lipinski definition) is 4. The van der Waals surface area contributed by atoms with Crippen molar-refractivity contribution >= 4 is 23.5 Å². The molecule has 1 atom stereocenters. The third-order valence-electron chi connectivity index (χ3n) is 3.81. The summed E-state index contributed by atoms with van der Waals surface area (Å²) in [4.78, 5) is 33.3. The molecular formula is C16H14ClN3O3. The highest BCUT2D eigenvalue weighted by Crippen LogP contribution is 2.25. The molecule has 3 rings (SSSR count). The lowest BCUT2D eigenvalue weighted by Crippen LogP contribution is -2.40. The van der Waals surface area contributed by atoms with Crippen molar-refractivity contribution < 1.29 is 14.7 Å². The zero-order valence-electron chi connectivity index (χ0n) is 12.1. The van der Waals surface area contributed by atoms with Gasteiger partial charge in [0.2, 0.25) is 0 Å². The van der Waals surface area contributed by atoms with Gasteiger partial charge in [-0.1, -0.05) is 23.7 Å². The van der Waals surface area contributed by atoms with Crippen molar-refractivity contribution in [1.82, 2.24) is 14.9 Å². The second kappa shape index (κ2) is 6.34. The Morgan fingerprint density at radius 1 is 1.22 bits per heavy atom. The van der Waals surface area contributed by atoms with Crippen molar-refractivity contribution in [2.45, 2.75) is 18.9 Å². The quantitative estimate of drug-likeness (QED) is 0.934. The van der Waals surface area contributed by atoms with Gasteiger partial charge < -0.3 is 10.0 Å². The van der Waals surface area contributed by atoms with Crippen LogP contribution in [0, 0.1) is 0 Å². The summed E-state index contributed by atoms with van der Waals surface area (Å²) in [5.41, 5.74) is 0.951. The van der Waals surface area contributed by atoms with E-state index in [9.17, 15) is 9.59 Å². The van der Waals surface area contributed by atoms with Crippen molar-refractivity contribution in [3.05, 3.63) is 47.2 Å². The number of carbonyl (C=O) groups is 2. The van der Waals surface area contributed by atoms with Crippen molar-refractivity contribution in [3.8, 4) is 11.4 Å². The fraction of sp³-hybridized carbons (Fsp3) is 0.250. The predicted molar refractivity (Wildman–Crippen MR) is 84.2 cm³/mol. The van der Waals surface area contributed by atoms with Crippen molar-refractivity contribution in [2.24, 2.45) is 0 Å². The van der Waals surface area contributed by atoms with E-state index in [4.69, 9.17) is 16.7 Å². The lowest BCUT2D eigenvalue weighted by Gasteiger charge is -2.21. The number of aliphatic carboxylic acids is 1. The number of aromatic nitrogens is 2. The standard InChI is InChI=1S/C16H14ClN3O3/c17-12-5-2-1-4-11(12)14-18-8-10(9-19-14)15(21)20-7-3-6-13(20)16(22)23/h1-2,4-5,8-9,13H,3,6-7H2,(H,22,23). The van der Waals surface area contributed by atoms with E-state index >= 15 is 0 Å². The highest BCUT2D eigenvalue weighted by atomic mass is 35.5. The second-order valence-corrected chi connectivity index (χ2v) is 5.68. The van der Waals surface area contributed by atoms with Gasteiger partial charge in [0.15, 0.2) is 5.82 Å². The van der Waals surface area contributed by atoms with Crippen LogP contribution in [0.15, 0.2) is 36.7 Å². The van der Waals surface area contributed by atoms with Crippen LogP contribution in [0.5, 0.6) is 0 Å². The first-order chi connectivity index (χ1) is 11.1. The number of nitrogens with zero attached hydrogens (tertiary/aromatic N) is 3. The monoisotopic (exact) mass is 331 g/mol. The van der Waals surface area contributed by atoms with Gasteiger partial charge in [0.1, 0.15) is 6.04 Å². The summed E-state index contributed by atoms with van der Waals surface area (Å²) >= 11 is 6.10. The molecule has 1 unspecified atom stereocenters. The lowest BCUT2D eigenvalue weighted by atomic mass is 10.2. The second-order valence-electron chi connectivity index (χ2n) is 5.27. The number of benzene rings is 1. The van der Waals surface area contributed by atoms with Gasteiger partial charge >= 0.3 is 5.97 Å². The van der Waals surface area contributed by atoms with Gasteiger partial charge in [-0.05, 0) is 25.0 Å². The van der Waals surface area contributed by atoms with E-state index in [0.29, 0.717) is 35.8 Å². The number of carbonyl (C=O) groups excluding carboxylic acids is 1. The Kier molecular flexibility index (Phi) is 4.25. The minimum atomic E-state index is -0.982. The third kappa shape index (κ3) is 3.03. The maximum Gasteiger partial charge on any atom is 0.326 e. The van der Waals surface area contributed by atoms with E-state index in [2.05, 4.69) is 9.97 Å². The first-order valence-electron chi connectivity index (χ1n) is 7.18. The number of hydrogen-bond donors (Lipinski definition) is 1. The Morgan fingerprint density at radius 2 is 1.91 bits per heavy atom. The SMILES string of the molecule is O=C(O)C1CCCN1C(=O)c1cnc(-c2ccccc2Cl)nc1. The molecule has 2 heterocycles. The van der Waals surface area contributed by atoms with Crippen LogP contribution in [0.1, 0.15) is 23.2 Å². The number of amides is 1. The van der Waals surface area contributed by atoms with Crippen LogP contribution in [0.2, 0.25) is 5.02 Å². The highest BCUT2D eigenvalue weighted by molar-refractivity contribution is 6.33. The normalized spacial score (nSPS) is 17.3. The summed E-state index contributed by atoms with van der Waals surface area (Å²) in [6, 6.07) is 6.39. The Labute approximate surface area is 137 Å². The van der Waals surface area contributed by atoms with Gasteiger partial charge in [-0.25, -0.2) is 14.8 Å². The van der Waals surface area contributed by atoms with Crippen molar-refractivity contribution in [3.63, 3.8) is 0 Å². The van der Waals surface area contributed by atoms with Gasteiger partial charge in [0, 0.05) is 24.5 Å². The molecule has 6 nitrogen and oxygen atoms in total. The van der Waals surface area contributed by atoms with Crippen LogP contribution in [0.3, 0.4) is 0 Å². The molecule has 1 saturated heterocycles. The van der Waals surface area contributed by atoms with Gasteiger partial charge in [-0.3, -0.25) is 4.79 Å². The number of carboxylic acids is 1. The minimum Gasteiger partial charge on any atom is -0.480 e. The first kappa shape index (κ1) is 15.4. The van der Waals surface area contributed by atoms with Gasteiger partial charge in [0.25, 0.3) is 5.91 Å². The molecule has 1 amide bonds. The van der Waals surface area contributed by atoms with Crippen LogP contribution < -0.4 is 0 Å². The molecule has 118 valence electrons. The maximum absolute atomic E-state index is 12.4. The zero-order valence-corrected chi connectivity index (χ0v) is 12.9. The average Bonchev–Trinajstić information content (AvgIpc) is 3.05. The molecule has 1 aliphatic rings. The number of halogens is 1. The molecule has 0 radical (unpaired) electrons. The lowest BCUT2D eigenvalue weighted by molar-refractivity contribution is -0.141. The van der Waals surface area contributed by atoms with Gasteiger partial charge in [-0.15, -0.1) is 0 Å². The van der Waals surface area contributed by atoms with E-state index in [1.54, 1.807) is 12.1 Å². The summed E-state index contributed by atoms with van der Waals surface area (Å²) in [5.74, 6) is -0.923. The molecule has 7 heteroatoms. The van der Waals surface area contributed by atoms with E-state index in [1.165, 1.54) is 17.3 Å². The molecule has 1 aromatic carbocycles. The highest BCUT2D eigenvalue weighted by Gasteiger charge is 2.34. The molecule has 23 heavy (non-hydrogen) atoms. The Morgan fingerprint density at radius 3 is 2.57 bits per heavy atom. The topological polar surface area (TPSA) is 83.4 Å². The third-order valence-corrected chi connectivity index (χ3v) is 4.14. The molecule has 0 aliphatic carbocycles.